The zero-order valence-electron chi connectivity index (χ0n) is 20.0. The number of likely N-dealkylation sites (tertiary alicyclic amines) is 1. The molecule has 1 aliphatic heterocycles. The molecule has 1 fully saturated rings. The minimum absolute atomic E-state index is 0.150. The summed E-state index contributed by atoms with van der Waals surface area (Å²) in [6.07, 6.45) is 10.4. The van der Waals surface area contributed by atoms with Crippen LogP contribution in [0.5, 0.6) is 0 Å². The van der Waals surface area contributed by atoms with Gasteiger partial charge in [0.25, 0.3) is 0 Å². The van der Waals surface area contributed by atoms with Crippen molar-refractivity contribution in [2.75, 3.05) is 7.11 Å². The van der Waals surface area contributed by atoms with Gasteiger partial charge in [-0.3, -0.25) is 9.59 Å². The second kappa shape index (κ2) is 11.3. The van der Waals surface area contributed by atoms with E-state index in [-0.39, 0.29) is 30.6 Å². The molecule has 4 atom stereocenters. The number of methoxy groups -OCH3 is 1. The molecule has 1 rings (SSSR count). The lowest BCUT2D eigenvalue weighted by atomic mass is 9.80. The van der Waals surface area contributed by atoms with E-state index < -0.39 is 29.4 Å². The monoisotopic (exact) mass is 434 g/mol. The molecule has 0 radical (unpaired) electrons. The Bertz CT molecular complexity index is 718. The SMILES string of the molecule is C#CCCC(=O)N[C@H]([C@H]1[C@H](/C=C\C)CC(=O)N1C(=O)OC(C)(C)C)[C@](C)(CCC)OC. The smallest absolute Gasteiger partial charge is 0.417 e. The Balaban J connectivity index is 3.50. The minimum Gasteiger partial charge on any atom is -0.443 e. The van der Waals surface area contributed by atoms with Crippen molar-refractivity contribution < 1.29 is 23.9 Å². The molecule has 0 unspecified atom stereocenters. The van der Waals surface area contributed by atoms with Crippen molar-refractivity contribution >= 4 is 17.9 Å². The first-order chi connectivity index (χ1) is 14.4. The average molecular weight is 435 g/mol. The fourth-order valence-electron chi connectivity index (χ4n) is 4.05. The van der Waals surface area contributed by atoms with Crippen molar-refractivity contribution in [2.24, 2.45) is 5.92 Å². The van der Waals surface area contributed by atoms with Gasteiger partial charge in [0.1, 0.15) is 5.60 Å². The van der Waals surface area contributed by atoms with Crippen molar-refractivity contribution in [2.45, 2.75) is 96.9 Å². The van der Waals surface area contributed by atoms with E-state index >= 15 is 0 Å². The van der Waals surface area contributed by atoms with E-state index in [0.29, 0.717) is 12.8 Å². The third-order valence-corrected chi connectivity index (χ3v) is 5.47. The molecule has 174 valence electrons. The van der Waals surface area contributed by atoms with E-state index in [4.69, 9.17) is 15.9 Å². The standard InChI is InChI=1S/C24H38N2O5/c1-9-12-14-18(27)25-21(24(7,30-8)15-11-3)20-17(13-10-2)16-19(28)26(20)22(29)31-23(4,5)6/h1,10,13,17,20-21H,11-12,14-16H2,2-8H3,(H,25,27)/b13-10-/t17-,20-,21-,24+/m1/s1. The summed E-state index contributed by atoms with van der Waals surface area (Å²) in [5, 5.41) is 3.03. The number of imide groups is 1. The molecule has 31 heavy (non-hydrogen) atoms. The van der Waals surface area contributed by atoms with Crippen LogP contribution in [0, 0.1) is 18.3 Å². The van der Waals surface area contributed by atoms with Gasteiger partial charge >= 0.3 is 6.09 Å². The third kappa shape index (κ3) is 7.10. The van der Waals surface area contributed by atoms with Gasteiger partial charge in [-0.05, 0) is 41.0 Å². The lowest BCUT2D eigenvalue weighted by Gasteiger charge is -2.44. The van der Waals surface area contributed by atoms with Crippen molar-refractivity contribution in [1.82, 2.24) is 10.2 Å². The summed E-state index contributed by atoms with van der Waals surface area (Å²) in [5.74, 6) is 1.60. The Morgan fingerprint density at radius 1 is 1.35 bits per heavy atom. The lowest BCUT2D eigenvalue weighted by Crippen LogP contribution is -2.63. The number of amides is 3. The molecule has 0 bridgehead atoms. The molecule has 0 aromatic heterocycles. The Morgan fingerprint density at radius 2 is 2.00 bits per heavy atom. The predicted octanol–water partition coefficient (Wildman–Crippen LogP) is 3.82. The molecule has 0 aromatic carbocycles. The first kappa shape index (κ1) is 26.7. The molecular formula is C24H38N2O5. The highest BCUT2D eigenvalue weighted by molar-refractivity contribution is 5.95. The van der Waals surface area contributed by atoms with E-state index in [1.54, 1.807) is 27.9 Å². The molecule has 0 saturated carbocycles. The number of nitrogens with zero attached hydrogens (tertiary/aromatic N) is 1. The number of rotatable bonds is 9. The molecule has 7 nitrogen and oxygen atoms in total. The number of nitrogens with one attached hydrogen (secondary N) is 1. The van der Waals surface area contributed by atoms with E-state index in [2.05, 4.69) is 11.2 Å². The molecule has 0 spiro atoms. The van der Waals surface area contributed by atoms with Crippen molar-refractivity contribution in [3.63, 3.8) is 0 Å². The maximum absolute atomic E-state index is 13.0. The second-order valence-electron chi connectivity index (χ2n) is 9.14. The summed E-state index contributed by atoms with van der Waals surface area (Å²) in [6.45, 7) is 11.0. The quantitative estimate of drug-likeness (QED) is 0.440. The Labute approximate surface area is 186 Å². The highest BCUT2D eigenvalue weighted by Crippen LogP contribution is 2.37. The number of hydrogen-bond acceptors (Lipinski definition) is 5. The van der Waals surface area contributed by atoms with Gasteiger partial charge in [-0.1, -0.05) is 25.5 Å². The number of ether oxygens (including phenoxy) is 2. The van der Waals surface area contributed by atoms with Crippen LogP contribution in [0.3, 0.4) is 0 Å². The van der Waals surface area contributed by atoms with Gasteiger partial charge in [0.05, 0.1) is 17.7 Å². The summed E-state index contributed by atoms with van der Waals surface area (Å²) < 4.78 is 11.4. The molecule has 0 aliphatic carbocycles. The maximum atomic E-state index is 13.0. The van der Waals surface area contributed by atoms with Crippen LogP contribution < -0.4 is 5.32 Å². The predicted molar refractivity (Wildman–Crippen MR) is 120 cm³/mol. The summed E-state index contributed by atoms with van der Waals surface area (Å²) in [6, 6.07) is -1.28. The van der Waals surface area contributed by atoms with E-state index in [0.717, 1.165) is 11.3 Å². The molecule has 1 heterocycles. The highest BCUT2D eigenvalue weighted by Gasteiger charge is 2.53. The Kier molecular flexibility index (Phi) is 9.76. The molecule has 1 saturated heterocycles. The second-order valence-corrected chi connectivity index (χ2v) is 9.14. The van der Waals surface area contributed by atoms with E-state index in [1.165, 1.54) is 0 Å². The van der Waals surface area contributed by atoms with Gasteiger partial charge in [0, 0.05) is 32.3 Å². The number of terminal acetylenes is 1. The number of allylic oxidation sites excluding steroid dienone is 1. The Hall–Kier alpha value is -2.33. The van der Waals surface area contributed by atoms with Crippen LogP contribution in [0.2, 0.25) is 0 Å². The van der Waals surface area contributed by atoms with Crippen LogP contribution in [-0.2, 0) is 19.1 Å². The Morgan fingerprint density at radius 3 is 2.48 bits per heavy atom. The number of hydrogen-bond donors (Lipinski definition) is 1. The largest absolute Gasteiger partial charge is 0.443 e. The molecule has 1 N–H and O–H groups in total. The van der Waals surface area contributed by atoms with Crippen LogP contribution >= 0.6 is 0 Å². The minimum atomic E-state index is -0.810. The third-order valence-electron chi connectivity index (χ3n) is 5.47. The fourth-order valence-corrected chi connectivity index (χ4v) is 4.05. The van der Waals surface area contributed by atoms with Gasteiger partial charge in [-0.15, -0.1) is 12.3 Å². The van der Waals surface area contributed by atoms with Crippen LogP contribution in [0.4, 0.5) is 4.79 Å². The summed E-state index contributed by atoms with van der Waals surface area (Å²) >= 11 is 0. The number of carbonyl (C=O) groups is 3. The molecule has 1 aliphatic rings. The van der Waals surface area contributed by atoms with Gasteiger partial charge in [-0.25, -0.2) is 9.69 Å². The molecule has 7 heteroatoms. The summed E-state index contributed by atoms with van der Waals surface area (Å²) in [5.41, 5.74) is -1.57. The lowest BCUT2D eigenvalue weighted by molar-refractivity contribution is -0.133. The first-order valence-corrected chi connectivity index (χ1v) is 10.9. The normalized spacial score (nSPS) is 22.1. The van der Waals surface area contributed by atoms with Crippen molar-refractivity contribution in [3.8, 4) is 12.3 Å². The van der Waals surface area contributed by atoms with Crippen LogP contribution in [0.15, 0.2) is 12.2 Å². The maximum Gasteiger partial charge on any atom is 0.417 e. The average Bonchev–Trinajstić information content (AvgIpc) is 2.99. The van der Waals surface area contributed by atoms with Gasteiger partial charge in [0.2, 0.25) is 11.8 Å². The zero-order chi connectivity index (χ0) is 23.8. The van der Waals surface area contributed by atoms with Gasteiger partial charge < -0.3 is 14.8 Å². The first-order valence-electron chi connectivity index (χ1n) is 10.9. The summed E-state index contributed by atoms with van der Waals surface area (Å²) in [4.78, 5) is 39.8. The van der Waals surface area contributed by atoms with Crippen molar-refractivity contribution in [1.29, 1.82) is 0 Å². The summed E-state index contributed by atoms with van der Waals surface area (Å²) in [7, 11) is 1.58. The number of carbonyl (C=O) groups excluding carboxylic acids is 3. The molecule has 0 aromatic rings. The van der Waals surface area contributed by atoms with Crippen LogP contribution in [0.1, 0.15) is 73.6 Å². The molecule has 3 amide bonds. The zero-order valence-corrected chi connectivity index (χ0v) is 20.0. The topological polar surface area (TPSA) is 84.9 Å². The van der Waals surface area contributed by atoms with Crippen LogP contribution in [-0.4, -0.2) is 53.2 Å². The van der Waals surface area contributed by atoms with E-state index in [9.17, 15) is 14.4 Å². The van der Waals surface area contributed by atoms with Crippen LogP contribution in [0.25, 0.3) is 0 Å². The van der Waals surface area contributed by atoms with E-state index in [1.807, 2.05) is 32.9 Å². The highest BCUT2D eigenvalue weighted by atomic mass is 16.6. The van der Waals surface area contributed by atoms with Crippen molar-refractivity contribution in [3.05, 3.63) is 12.2 Å². The molecular weight excluding hydrogens is 396 g/mol. The van der Waals surface area contributed by atoms with Gasteiger partial charge in [-0.2, -0.15) is 0 Å². The van der Waals surface area contributed by atoms with Gasteiger partial charge in [0.15, 0.2) is 0 Å². The fraction of sp³-hybridized carbons (Fsp3) is 0.708.